The van der Waals surface area contributed by atoms with Gasteiger partial charge >= 0.3 is 12.1 Å². The predicted molar refractivity (Wildman–Crippen MR) is 89.1 cm³/mol. The fourth-order valence-electron chi connectivity index (χ4n) is 1.91. The van der Waals surface area contributed by atoms with Crippen LogP contribution >= 0.6 is 15.9 Å². The number of amides is 1. The van der Waals surface area contributed by atoms with E-state index in [1.54, 1.807) is 12.1 Å². The maximum atomic E-state index is 12.7. The summed E-state index contributed by atoms with van der Waals surface area (Å²) in [5.41, 5.74) is -0.678. The Kier molecular flexibility index (Phi) is 5.84. The number of hydrogen-bond donors (Lipinski definition) is 1. The van der Waals surface area contributed by atoms with Crippen molar-refractivity contribution in [3.8, 4) is 0 Å². The normalized spacial score (nSPS) is 12.4. The first kappa shape index (κ1) is 19.0. The fraction of sp³-hybridized carbons (Fsp3) is 0.176. The molecule has 4 nitrogen and oxygen atoms in total. The molecule has 1 N–H and O–H groups in total. The van der Waals surface area contributed by atoms with E-state index >= 15 is 0 Å². The van der Waals surface area contributed by atoms with Crippen LogP contribution in [0.15, 0.2) is 53.0 Å². The lowest BCUT2D eigenvalue weighted by molar-refractivity contribution is -0.137. The van der Waals surface area contributed by atoms with E-state index in [1.165, 1.54) is 31.2 Å². The molecule has 0 radical (unpaired) electrons. The van der Waals surface area contributed by atoms with Gasteiger partial charge in [0.25, 0.3) is 5.91 Å². The molecule has 0 saturated heterocycles. The van der Waals surface area contributed by atoms with Crippen molar-refractivity contribution in [3.05, 3.63) is 64.1 Å². The molecule has 0 bridgehead atoms. The minimum Gasteiger partial charge on any atom is -0.449 e. The minimum absolute atomic E-state index is 0.0369. The van der Waals surface area contributed by atoms with Crippen molar-refractivity contribution >= 4 is 33.5 Å². The number of benzene rings is 2. The van der Waals surface area contributed by atoms with Gasteiger partial charge in [-0.3, -0.25) is 4.79 Å². The Morgan fingerprint density at radius 3 is 2.44 bits per heavy atom. The van der Waals surface area contributed by atoms with E-state index < -0.39 is 29.7 Å². The maximum Gasteiger partial charge on any atom is 0.416 e. The number of nitrogens with one attached hydrogen (secondary N) is 1. The molecule has 132 valence electrons. The van der Waals surface area contributed by atoms with Crippen molar-refractivity contribution in [2.75, 3.05) is 5.32 Å². The smallest absolute Gasteiger partial charge is 0.416 e. The van der Waals surface area contributed by atoms with Crippen LogP contribution in [0.25, 0.3) is 0 Å². The Balaban J connectivity index is 2.02. The number of carbonyl (C=O) groups excluding carboxylic acids is 2. The van der Waals surface area contributed by atoms with Crippen LogP contribution in [0.5, 0.6) is 0 Å². The summed E-state index contributed by atoms with van der Waals surface area (Å²) in [7, 11) is 0. The van der Waals surface area contributed by atoms with E-state index in [1.807, 2.05) is 0 Å². The van der Waals surface area contributed by atoms with E-state index in [-0.39, 0.29) is 11.3 Å². The summed E-state index contributed by atoms with van der Waals surface area (Å²) in [6.45, 7) is 1.33. The summed E-state index contributed by atoms with van der Waals surface area (Å²) in [5.74, 6) is -1.45. The molecule has 1 unspecified atom stereocenters. The lowest BCUT2D eigenvalue weighted by Gasteiger charge is -2.14. The van der Waals surface area contributed by atoms with Gasteiger partial charge in [-0.05, 0) is 43.3 Å². The van der Waals surface area contributed by atoms with E-state index in [0.717, 1.165) is 12.1 Å². The number of anilines is 1. The zero-order chi connectivity index (χ0) is 18.6. The lowest BCUT2D eigenvalue weighted by atomic mass is 10.2. The van der Waals surface area contributed by atoms with Crippen LogP contribution in [0.3, 0.4) is 0 Å². The monoisotopic (exact) mass is 415 g/mol. The summed E-state index contributed by atoms with van der Waals surface area (Å²) < 4.78 is 43.7. The molecule has 0 aliphatic carbocycles. The molecule has 2 aromatic carbocycles. The molecule has 0 aromatic heterocycles. The third kappa shape index (κ3) is 5.32. The molecular formula is C17H13BrF3NO3. The molecule has 1 amide bonds. The Bertz CT molecular complexity index is 793. The predicted octanol–water partition coefficient (Wildman–Crippen LogP) is 4.65. The third-order valence-electron chi connectivity index (χ3n) is 3.17. The Labute approximate surface area is 150 Å². The summed E-state index contributed by atoms with van der Waals surface area (Å²) in [4.78, 5) is 24.0. The number of halogens is 4. The van der Waals surface area contributed by atoms with Crippen molar-refractivity contribution < 1.29 is 27.5 Å². The second-order valence-electron chi connectivity index (χ2n) is 5.13. The fourth-order valence-corrected chi connectivity index (χ4v) is 2.31. The van der Waals surface area contributed by atoms with Crippen molar-refractivity contribution in [3.63, 3.8) is 0 Å². The molecule has 8 heteroatoms. The van der Waals surface area contributed by atoms with E-state index in [9.17, 15) is 22.8 Å². The molecule has 0 fully saturated rings. The van der Waals surface area contributed by atoms with Crippen LogP contribution in [-0.2, 0) is 15.7 Å². The summed E-state index contributed by atoms with van der Waals surface area (Å²) >= 11 is 3.21. The Morgan fingerprint density at radius 2 is 1.80 bits per heavy atom. The van der Waals surface area contributed by atoms with Gasteiger partial charge in [-0.2, -0.15) is 13.2 Å². The molecule has 2 rings (SSSR count). The number of esters is 1. The van der Waals surface area contributed by atoms with Gasteiger partial charge < -0.3 is 10.1 Å². The standard InChI is InChI=1S/C17H13BrF3NO3/c1-10(25-16(24)11-4-2-6-13(18)8-11)15(23)22-14-7-3-5-12(9-14)17(19,20)21/h2-10H,1H3,(H,22,23). The van der Waals surface area contributed by atoms with Gasteiger partial charge in [-0.1, -0.05) is 28.1 Å². The van der Waals surface area contributed by atoms with Crippen LogP contribution in [0.1, 0.15) is 22.8 Å². The zero-order valence-electron chi connectivity index (χ0n) is 12.9. The van der Waals surface area contributed by atoms with Gasteiger partial charge in [0.05, 0.1) is 11.1 Å². The van der Waals surface area contributed by atoms with Crippen molar-refractivity contribution in [2.24, 2.45) is 0 Å². The second-order valence-corrected chi connectivity index (χ2v) is 6.04. The first-order valence-corrected chi connectivity index (χ1v) is 7.91. The average molecular weight is 416 g/mol. The molecule has 0 heterocycles. The van der Waals surface area contributed by atoms with E-state index in [2.05, 4.69) is 21.2 Å². The van der Waals surface area contributed by atoms with E-state index in [4.69, 9.17) is 4.74 Å². The van der Waals surface area contributed by atoms with E-state index in [0.29, 0.717) is 4.47 Å². The molecule has 0 aliphatic rings. The molecule has 0 spiro atoms. The molecular weight excluding hydrogens is 403 g/mol. The first-order valence-electron chi connectivity index (χ1n) is 7.11. The largest absolute Gasteiger partial charge is 0.449 e. The molecule has 0 saturated carbocycles. The van der Waals surface area contributed by atoms with Crippen LogP contribution < -0.4 is 5.32 Å². The number of alkyl halides is 3. The SMILES string of the molecule is CC(OC(=O)c1cccc(Br)c1)C(=O)Nc1cccc(C(F)(F)F)c1. The number of carbonyl (C=O) groups is 2. The highest BCUT2D eigenvalue weighted by molar-refractivity contribution is 9.10. The Hall–Kier alpha value is -2.35. The molecule has 0 aliphatic heterocycles. The quantitative estimate of drug-likeness (QED) is 0.739. The van der Waals surface area contributed by atoms with Gasteiger partial charge in [-0.15, -0.1) is 0 Å². The molecule has 25 heavy (non-hydrogen) atoms. The van der Waals surface area contributed by atoms with Gasteiger partial charge in [0, 0.05) is 10.2 Å². The van der Waals surface area contributed by atoms with Gasteiger partial charge in [-0.25, -0.2) is 4.79 Å². The topological polar surface area (TPSA) is 55.4 Å². The van der Waals surface area contributed by atoms with Crippen LogP contribution in [0.4, 0.5) is 18.9 Å². The zero-order valence-corrected chi connectivity index (χ0v) is 14.5. The second kappa shape index (κ2) is 7.69. The van der Waals surface area contributed by atoms with Crippen molar-refractivity contribution in [2.45, 2.75) is 19.2 Å². The minimum atomic E-state index is -4.51. The lowest BCUT2D eigenvalue weighted by Crippen LogP contribution is -2.30. The highest BCUT2D eigenvalue weighted by Crippen LogP contribution is 2.30. The van der Waals surface area contributed by atoms with Gasteiger partial charge in [0.1, 0.15) is 0 Å². The highest BCUT2D eigenvalue weighted by atomic mass is 79.9. The maximum absolute atomic E-state index is 12.7. The number of hydrogen-bond acceptors (Lipinski definition) is 3. The third-order valence-corrected chi connectivity index (χ3v) is 3.66. The average Bonchev–Trinajstić information content (AvgIpc) is 2.54. The van der Waals surface area contributed by atoms with Gasteiger partial charge in [0.2, 0.25) is 0 Å². The Morgan fingerprint density at radius 1 is 1.12 bits per heavy atom. The number of rotatable bonds is 4. The summed E-state index contributed by atoms with van der Waals surface area (Å²) in [6, 6.07) is 10.6. The van der Waals surface area contributed by atoms with Crippen molar-refractivity contribution in [1.82, 2.24) is 0 Å². The van der Waals surface area contributed by atoms with Gasteiger partial charge in [0.15, 0.2) is 6.10 Å². The first-order chi connectivity index (χ1) is 11.7. The molecule has 1 atom stereocenters. The molecule has 2 aromatic rings. The summed E-state index contributed by atoms with van der Waals surface area (Å²) in [5, 5.41) is 2.30. The number of ether oxygens (including phenoxy) is 1. The summed E-state index contributed by atoms with van der Waals surface area (Å²) in [6.07, 6.45) is -5.69. The van der Waals surface area contributed by atoms with Crippen LogP contribution in [0.2, 0.25) is 0 Å². The highest BCUT2D eigenvalue weighted by Gasteiger charge is 2.30. The van der Waals surface area contributed by atoms with Crippen molar-refractivity contribution in [1.29, 1.82) is 0 Å². The van der Waals surface area contributed by atoms with Crippen LogP contribution in [0, 0.1) is 0 Å². The van der Waals surface area contributed by atoms with Crippen LogP contribution in [-0.4, -0.2) is 18.0 Å².